The minimum Gasteiger partial charge on any atom is -0.100 e. The molecule has 0 spiro atoms. The maximum Gasteiger partial charge on any atom is -0.0126 e. The number of benzene rings is 1. The second-order valence-electron chi connectivity index (χ2n) is 6.02. The van der Waals surface area contributed by atoms with Crippen LogP contribution in [0.2, 0.25) is 0 Å². The molecule has 22 heavy (non-hydrogen) atoms. The fourth-order valence-corrected chi connectivity index (χ4v) is 1.99. The molecule has 0 saturated carbocycles. The summed E-state index contributed by atoms with van der Waals surface area (Å²) in [7, 11) is 0. The van der Waals surface area contributed by atoms with Gasteiger partial charge < -0.3 is 0 Å². The second kappa shape index (κ2) is 10.00. The Balaban J connectivity index is 0. The number of hydrogen-bond acceptors (Lipinski definition) is 0. The van der Waals surface area contributed by atoms with Gasteiger partial charge in [-0.25, -0.2) is 0 Å². The molecule has 0 aliphatic carbocycles. The van der Waals surface area contributed by atoms with E-state index in [9.17, 15) is 0 Å². The van der Waals surface area contributed by atoms with Crippen LogP contribution in [0.4, 0.5) is 0 Å². The molecule has 0 N–H and O–H groups in total. The zero-order valence-corrected chi connectivity index (χ0v) is 14.9. The smallest absolute Gasteiger partial charge is 0.0126 e. The largest absolute Gasteiger partial charge is 0.100 e. The van der Waals surface area contributed by atoms with Crippen molar-refractivity contribution in [2.75, 3.05) is 0 Å². The Bertz CT molecular complexity index is 576. The standard InChI is InChI=1S/C17H22.C4H8.CH4/c1-11(2)14(6)17(12(3)4)16-10-8-9-13(5)15(16)7;1-4(2)3;/h8-10H,1,3H2,2,4-7H3;1H2,2-3H3;1H4/b17-14-;;. The Morgan fingerprint density at radius 2 is 1.27 bits per heavy atom. The van der Waals surface area contributed by atoms with Gasteiger partial charge in [-0.05, 0) is 76.3 Å². The first-order chi connectivity index (χ1) is 9.59. The lowest BCUT2D eigenvalue weighted by atomic mass is 9.88. The topological polar surface area (TPSA) is 0 Å². The van der Waals surface area contributed by atoms with Crippen LogP contribution in [-0.4, -0.2) is 0 Å². The quantitative estimate of drug-likeness (QED) is 0.401. The number of aryl methyl sites for hydroxylation is 1. The molecule has 0 saturated heterocycles. The van der Waals surface area contributed by atoms with Gasteiger partial charge in [-0.2, -0.15) is 0 Å². The van der Waals surface area contributed by atoms with Crippen LogP contribution in [0, 0.1) is 13.8 Å². The fraction of sp³-hybridized carbons (Fsp3) is 0.364. The SMILES string of the molecule is C.C=C(C)/C(C)=C(/C(=C)C)c1cccc(C)c1C.C=C(C)C. The van der Waals surface area contributed by atoms with Crippen LogP contribution in [0.25, 0.3) is 5.57 Å². The molecule has 0 aliphatic heterocycles. The highest BCUT2D eigenvalue weighted by molar-refractivity contribution is 5.84. The van der Waals surface area contributed by atoms with E-state index < -0.39 is 0 Å². The molecule has 0 atom stereocenters. The molecule has 0 nitrogen and oxygen atoms in total. The van der Waals surface area contributed by atoms with Gasteiger partial charge in [-0.1, -0.05) is 55.5 Å². The minimum absolute atomic E-state index is 0. The molecule has 0 radical (unpaired) electrons. The maximum absolute atomic E-state index is 4.11. The van der Waals surface area contributed by atoms with Crippen LogP contribution in [0.1, 0.15) is 58.7 Å². The van der Waals surface area contributed by atoms with E-state index in [4.69, 9.17) is 0 Å². The zero-order chi connectivity index (χ0) is 16.7. The van der Waals surface area contributed by atoms with E-state index in [2.05, 4.69) is 65.6 Å². The molecule has 0 aromatic heterocycles. The Labute approximate surface area is 139 Å². The third kappa shape index (κ3) is 6.76. The van der Waals surface area contributed by atoms with Crippen molar-refractivity contribution in [2.24, 2.45) is 0 Å². The molecule has 0 aliphatic rings. The summed E-state index contributed by atoms with van der Waals surface area (Å²) in [6.07, 6.45) is 0. The van der Waals surface area contributed by atoms with Crippen LogP contribution >= 0.6 is 0 Å². The van der Waals surface area contributed by atoms with Crippen molar-refractivity contribution in [3.05, 3.63) is 76.9 Å². The summed E-state index contributed by atoms with van der Waals surface area (Å²) < 4.78 is 0. The summed E-state index contributed by atoms with van der Waals surface area (Å²) in [5.74, 6) is 0. The maximum atomic E-state index is 4.11. The van der Waals surface area contributed by atoms with Crippen molar-refractivity contribution in [3.63, 3.8) is 0 Å². The van der Waals surface area contributed by atoms with Crippen LogP contribution in [0.5, 0.6) is 0 Å². The van der Waals surface area contributed by atoms with Crippen molar-refractivity contribution in [1.82, 2.24) is 0 Å². The molecule has 0 unspecified atom stereocenters. The predicted molar refractivity (Wildman–Crippen MR) is 105 cm³/mol. The van der Waals surface area contributed by atoms with Crippen LogP contribution in [-0.2, 0) is 0 Å². The monoisotopic (exact) mass is 298 g/mol. The average Bonchev–Trinajstić information content (AvgIpc) is 2.33. The van der Waals surface area contributed by atoms with Gasteiger partial charge in [0.05, 0.1) is 0 Å². The summed E-state index contributed by atoms with van der Waals surface area (Å²) >= 11 is 0. The van der Waals surface area contributed by atoms with E-state index in [1.807, 2.05) is 20.8 Å². The van der Waals surface area contributed by atoms with Gasteiger partial charge in [0.2, 0.25) is 0 Å². The average molecular weight is 299 g/mol. The van der Waals surface area contributed by atoms with Crippen molar-refractivity contribution in [3.8, 4) is 0 Å². The molecule has 0 bridgehead atoms. The van der Waals surface area contributed by atoms with E-state index in [1.165, 1.54) is 33.4 Å². The van der Waals surface area contributed by atoms with Gasteiger partial charge in [-0.3, -0.25) is 0 Å². The van der Waals surface area contributed by atoms with E-state index in [0.29, 0.717) is 0 Å². The first-order valence-electron chi connectivity index (χ1n) is 7.30. The number of hydrogen-bond donors (Lipinski definition) is 0. The van der Waals surface area contributed by atoms with E-state index in [1.54, 1.807) is 0 Å². The molecule has 0 heteroatoms. The van der Waals surface area contributed by atoms with Crippen LogP contribution < -0.4 is 0 Å². The van der Waals surface area contributed by atoms with E-state index in [-0.39, 0.29) is 7.43 Å². The molecular weight excluding hydrogens is 264 g/mol. The highest BCUT2D eigenvalue weighted by Crippen LogP contribution is 2.31. The Morgan fingerprint density at radius 3 is 1.64 bits per heavy atom. The Morgan fingerprint density at radius 1 is 0.818 bits per heavy atom. The lowest BCUT2D eigenvalue weighted by molar-refractivity contribution is 1.28. The summed E-state index contributed by atoms with van der Waals surface area (Å²) in [5.41, 5.74) is 9.74. The number of rotatable bonds is 3. The summed E-state index contributed by atoms with van der Waals surface area (Å²) in [4.78, 5) is 0. The van der Waals surface area contributed by atoms with E-state index in [0.717, 1.165) is 11.1 Å². The lowest BCUT2D eigenvalue weighted by Gasteiger charge is -2.16. The third-order valence-corrected chi connectivity index (χ3v) is 3.32. The van der Waals surface area contributed by atoms with Gasteiger partial charge in [0.25, 0.3) is 0 Å². The molecule has 1 rings (SSSR count). The van der Waals surface area contributed by atoms with Crippen LogP contribution in [0.15, 0.2) is 60.2 Å². The molecule has 0 heterocycles. The minimum atomic E-state index is 0. The van der Waals surface area contributed by atoms with Gasteiger partial charge in [-0.15, -0.1) is 6.58 Å². The summed E-state index contributed by atoms with van der Waals surface area (Å²) in [6, 6.07) is 6.41. The van der Waals surface area contributed by atoms with E-state index >= 15 is 0 Å². The predicted octanol–water partition coefficient (Wildman–Crippen LogP) is 7.45. The second-order valence-corrected chi connectivity index (χ2v) is 6.02. The molecule has 0 amide bonds. The summed E-state index contributed by atoms with van der Waals surface area (Å²) in [6.45, 7) is 26.2. The molecule has 0 fully saturated rings. The molecule has 122 valence electrons. The first-order valence-corrected chi connectivity index (χ1v) is 7.30. The first kappa shape index (κ1) is 22.5. The van der Waals surface area contributed by atoms with Crippen LogP contribution in [0.3, 0.4) is 0 Å². The third-order valence-electron chi connectivity index (χ3n) is 3.32. The Hall–Kier alpha value is -1.82. The van der Waals surface area contributed by atoms with Crippen molar-refractivity contribution < 1.29 is 0 Å². The molecule has 1 aromatic rings. The van der Waals surface area contributed by atoms with Gasteiger partial charge in [0, 0.05) is 0 Å². The highest BCUT2D eigenvalue weighted by Gasteiger charge is 2.11. The van der Waals surface area contributed by atoms with Crippen molar-refractivity contribution >= 4 is 5.57 Å². The van der Waals surface area contributed by atoms with Gasteiger partial charge in [0.1, 0.15) is 0 Å². The molecule has 1 aromatic carbocycles. The normalized spacial score (nSPS) is 10.5. The fourth-order valence-electron chi connectivity index (χ4n) is 1.99. The van der Waals surface area contributed by atoms with Gasteiger partial charge in [0.15, 0.2) is 0 Å². The van der Waals surface area contributed by atoms with Gasteiger partial charge >= 0.3 is 0 Å². The highest BCUT2D eigenvalue weighted by atomic mass is 14.2. The summed E-state index contributed by atoms with van der Waals surface area (Å²) in [5, 5.41) is 0. The Kier molecular flexibility index (Phi) is 10.2. The van der Waals surface area contributed by atoms with Crippen molar-refractivity contribution in [1.29, 1.82) is 0 Å². The van der Waals surface area contributed by atoms with Crippen molar-refractivity contribution in [2.45, 2.75) is 55.9 Å². The zero-order valence-electron chi connectivity index (χ0n) is 14.9. The lowest BCUT2D eigenvalue weighted by Crippen LogP contribution is -1.96. The molecular formula is C22H34. The number of allylic oxidation sites excluding steroid dienone is 5.